The van der Waals surface area contributed by atoms with E-state index in [2.05, 4.69) is 19.7 Å². The standard InChI is InChI=1S/C14H8F3N3O2/c15-10-4-8-7(1-2-18-13(8)21)3-9(10)11-5-20-12(6-19-11)22-14(16)17/h1-6,14H,(H,18,21). The van der Waals surface area contributed by atoms with Crippen molar-refractivity contribution in [2.45, 2.75) is 6.61 Å². The topological polar surface area (TPSA) is 67.9 Å². The minimum Gasteiger partial charge on any atom is -0.415 e. The van der Waals surface area contributed by atoms with E-state index in [1.54, 1.807) is 6.07 Å². The first-order valence-corrected chi connectivity index (χ1v) is 6.13. The van der Waals surface area contributed by atoms with Crippen LogP contribution in [0.2, 0.25) is 0 Å². The third kappa shape index (κ3) is 2.62. The molecular weight excluding hydrogens is 299 g/mol. The van der Waals surface area contributed by atoms with Crippen molar-refractivity contribution >= 4 is 10.8 Å². The van der Waals surface area contributed by atoms with Gasteiger partial charge in [0.15, 0.2) is 0 Å². The van der Waals surface area contributed by atoms with E-state index in [-0.39, 0.29) is 22.5 Å². The Morgan fingerprint density at radius 3 is 2.68 bits per heavy atom. The summed E-state index contributed by atoms with van der Waals surface area (Å²) < 4.78 is 42.3. The number of rotatable bonds is 3. The monoisotopic (exact) mass is 307 g/mol. The Morgan fingerprint density at radius 2 is 2.00 bits per heavy atom. The number of aromatic amines is 1. The average molecular weight is 307 g/mol. The number of pyridine rings is 1. The molecular formula is C14H8F3N3O2. The molecule has 0 unspecified atom stereocenters. The summed E-state index contributed by atoms with van der Waals surface area (Å²) in [6.07, 6.45) is 3.54. The van der Waals surface area contributed by atoms with E-state index < -0.39 is 18.0 Å². The molecule has 3 aromatic rings. The fourth-order valence-electron chi connectivity index (χ4n) is 2.01. The number of fused-ring (bicyclic) bond motifs is 1. The molecule has 0 spiro atoms. The van der Waals surface area contributed by atoms with Crippen molar-refractivity contribution < 1.29 is 17.9 Å². The fraction of sp³-hybridized carbons (Fsp3) is 0.0714. The predicted octanol–water partition coefficient (Wildman–Crippen LogP) is 2.73. The molecule has 1 aromatic carbocycles. The molecule has 0 fully saturated rings. The van der Waals surface area contributed by atoms with Gasteiger partial charge in [0, 0.05) is 17.1 Å². The molecule has 2 aromatic heterocycles. The van der Waals surface area contributed by atoms with Gasteiger partial charge in [0.2, 0.25) is 5.88 Å². The Balaban J connectivity index is 2.06. The molecule has 0 saturated carbocycles. The second kappa shape index (κ2) is 5.47. The molecule has 5 nitrogen and oxygen atoms in total. The minimum absolute atomic E-state index is 0.106. The number of halogens is 3. The van der Waals surface area contributed by atoms with Gasteiger partial charge >= 0.3 is 6.61 Å². The molecule has 0 atom stereocenters. The third-order valence-electron chi connectivity index (χ3n) is 2.98. The quantitative estimate of drug-likeness (QED) is 0.808. The molecule has 0 amide bonds. The number of ether oxygens (including phenoxy) is 1. The number of alkyl halides is 2. The van der Waals surface area contributed by atoms with Crippen molar-refractivity contribution in [3.8, 4) is 17.1 Å². The summed E-state index contributed by atoms with van der Waals surface area (Å²) in [5, 5.41) is 0.726. The molecule has 2 heterocycles. The largest absolute Gasteiger partial charge is 0.415 e. The highest BCUT2D eigenvalue weighted by Crippen LogP contribution is 2.25. The van der Waals surface area contributed by atoms with Crippen LogP contribution in [0, 0.1) is 5.82 Å². The number of hydrogen-bond donors (Lipinski definition) is 1. The predicted molar refractivity (Wildman–Crippen MR) is 72.2 cm³/mol. The SMILES string of the molecule is O=c1[nH]ccc2cc(-c3cnc(OC(F)F)cn3)c(F)cc12. The van der Waals surface area contributed by atoms with E-state index in [4.69, 9.17) is 0 Å². The van der Waals surface area contributed by atoms with Crippen molar-refractivity contribution in [3.05, 3.63) is 53.0 Å². The van der Waals surface area contributed by atoms with Crippen molar-refractivity contribution in [1.29, 1.82) is 0 Å². The van der Waals surface area contributed by atoms with Gasteiger partial charge in [0.25, 0.3) is 5.56 Å². The van der Waals surface area contributed by atoms with E-state index in [0.29, 0.717) is 5.39 Å². The number of benzene rings is 1. The summed E-state index contributed by atoms with van der Waals surface area (Å²) in [6.45, 7) is -3.01. The van der Waals surface area contributed by atoms with E-state index in [1.807, 2.05) is 0 Å². The molecule has 0 aliphatic carbocycles. The number of aromatic nitrogens is 3. The number of hydrogen-bond acceptors (Lipinski definition) is 4. The Bertz CT molecular complexity index is 879. The van der Waals surface area contributed by atoms with Gasteiger partial charge in [-0.2, -0.15) is 8.78 Å². The zero-order valence-corrected chi connectivity index (χ0v) is 10.9. The smallest absolute Gasteiger partial charge is 0.388 e. The van der Waals surface area contributed by atoms with Gasteiger partial charge in [-0.1, -0.05) is 0 Å². The van der Waals surface area contributed by atoms with Gasteiger partial charge in [-0.15, -0.1) is 0 Å². The molecule has 0 radical (unpaired) electrons. The fourth-order valence-corrected chi connectivity index (χ4v) is 2.01. The van der Waals surface area contributed by atoms with Crippen LogP contribution in [0.3, 0.4) is 0 Å². The van der Waals surface area contributed by atoms with Gasteiger partial charge < -0.3 is 9.72 Å². The highest BCUT2D eigenvalue weighted by atomic mass is 19.3. The molecule has 3 rings (SSSR count). The van der Waals surface area contributed by atoms with Crippen molar-refractivity contribution in [2.24, 2.45) is 0 Å². The molecule has 1 N–H and O–H groups in total. The van der Waals surface area contributed by atoms with Gasteiger partial charge in [0.1, 0.15) is 5.82 Å². The molecule has 112 valence electrons. The zero-order chi connectivity index (χ0) is 15.7. The Morgan fingerprint density at radius 1 is 1.18 bits per heavy atom. The van der Waals surface area contributed by atoms with Crippen LogP contribution in [0.4, 0.5) is 13.2 Å². The Labute approximate surface area is 121 Å². The molecule has 0 bridgehead atoms. The maximum atomic E-state index is 14.1. The van der Waals surface area contributed by atoms with Crippen LogP contribution in [0.25, 0.3) is 22.0 Å². The first-order chi connectivity index (χ1) is 10.5. The zero-order valence-electron chi connectivity index (χ0n) is 10.9. The number of nitrogens with one attached hydrogen (secondary N) is 1. The van der Waals surface area contributed by atoms with Crippen LogP contribution >= 0.6 is 0 Å². The average Bonchev–Trinajstić information content (AvgIpc) is 2.48. The van der Waals surface area contributed by atoms with Gasteiger partial charge in [-0.25, -0.2) is 14.4 Å². The highest BCUT2D eigenvalue weighted by molar-refractivity contribution is 5.86. The summed E-state index contributed by atoms with van der Waals surface area (Å²) in [7, 11) is 0. The number of H-pyrrole nitrogens is 1. The van der Waals surface area contributed by atoms with Crippen molar-refractivity contribution in [1.82, 2.24) is 15.0 Å². The van der Waals surface area contributed by atoms with E-state index in [1.165, 1.54) is 12.3 Å². The number of nitrogens with zero attached hydrogens (tertiary/aromatic N) is 2. The van der Waals surface area contributed by atoms with Crippen LogP contribution in [0.5, 0.6) is 5.88 Å². The highest BCUT2D eigenvalue weighted by Gasteiger charge is 2.12. The lowest BCUT2D eigenvalue weighted by Gasteiger charge is -2.06. The molecule has 0 aliphatic heterocycles. The van der Waals surface area contributed by atoms with Crippen LogP contribution < -0.4 is 10.3 Å². The molecule has 0 saturated heterocycles. The van der Waals surface area contributed by atoms with Gasteiger partial charge in [-0.05, 0) is 23.6 Å². The summed E-state index contributed by atoms with van der Waals surface area (Å²) >= 11 is 0. The molecule has 0 aliphatic rings. The second-order valence-electron chi connectivity index (χ2n) is 4.34. The first-order valence-electron chi connectivity index (χ1n) is 6.13. The van der Waals surface area contributed by atoms with Crippen LogP contribution in [-0.2, 0) is 0 Å². The molecule has 8 heteroatoms. The lowest BCUT2D eigenvalue weighted by atomic mass is 10.1. The summed E-state index contributed by atoms with van der Waals surface area (Å²) in [6, 6.07) is 4.15. The minimum atomic E-state index is -3.01. The maximum absolute atomic E-state index is 14.1. The lowest BCUT2D eigenvalue weighted by molar-refractivity contribution is -0.0530. The Kier molecular flexibility index (Phi) is 3.50. The van der Waals surface area contributed by atoms with Crippen LogP contribution in [0.15, 0.2) is 41.6 Å². The summed E-state index contributed by atoms with van der Waals surface area (Å²) in [5.41, 5.74) is -0.162. The normalized spacial score (nSPS) is 11.1. The third-order valence-corrected chi connectivity index (χ3v) is 2.98. The molecule has 22 heavy (non-hydrogen) atoms. The summed E-state index contributed by atoms with van der Waals surface area (Å²) in [5.74, 6) is -1.03. The van der Waals surface area contributed by atoms with Crippen LogP contribution in [-0.4, -0.2) is 21.6 Å². The van der Waals surface area contributed by atoms with Gasteiger partial charge in [-0.3, -0.25) is 4.79 Å². The summed E-state index contributed by atoms with van der Waals surface area (Å²) in [4.78, 5) is 21.5. The van der Waals surface area contributed by atoms with E-state index >= 15 is 0 Å². The van der Waals surface area contributed by atoms with Crippen LogP contribution in [0.1, 0.15) is 0 Å². The van der Waals surface area contributed by atoms with E-state index in [9.17, 15) is 18.0 Å². The van der Waals surface area contributed by atoms with E-state index in [0.717, 1.165) is 18.5 Å². The maximum Gasteiger partial charge on any atom is 0.388 e. The van der Waals surface area contributed by atoms with Crippen molar-refractivity contribution in [3.63, 3.8) is 0 Å². The van der Waals surface area contributed by atoms with Crippen molar-refractivity contribution in [2.75, 3.05) is 0 Å². The first kappa shape index (κ1) is 14.1. The second-order valence-corrected chi connectivity index (χ2v) is 4.34. The Hall–Kier alpha value is -2.90. The van der Waals surface area contributed by atoms with Gasteiger partial charge in [0.05, 0.1) is 18.1 Å². The lowest BCUT2D eigenvalue weighted by Crippen LogP contribution is -2.06.